The summed E-state index contributed by atoms with van der Waals surface area (Å²) in [5.74, 6) is -0.430. The number of hydrogen-bond acceptors (Lipinski definition) is 3. The van der Waals surface area contributed by atoms with Gasteiger partial charge in [-0.05, 0) is 55.2 Å². The van der Waals surface area contributed by atoms with Crippen molar-refractivity contribution in [2.24, 2.45) is 0 Å². The Morgan fingerprint density at radius 2 is 1.67 bits per heavy atom. The summed E-state index contributed by atoms with van der Waals surface area (Å²) in [4.78, 5) is 23.9. The number of nitrogens with one attached hydrogen (secondary N) is 1. The molecule has 0 heterocycles. The van der Waals surface area contributed by atoms with Crippen molar-refractivity contribution in [1.29, 1.82) is 0 Å². The summed E-state index contributed by atoms with van der Waals surface area (Å²) >= 11 is 0. The van der Waals surface area contributed by atoms with Crippen LogP contribution >= 0.6 is 0 Å². The first-order chi connectivity index (χ1) is 11.5. The lowest BCUT2D eigenvalue weighted by molar-refractivity contribution is -0.115. The zero-order valence-electron chi connectivity index (χ0n) is 14.4. The number of rotatable bonds is 6. The Morgan fingerprint density at radius 1 is 1.00 bits per heavy atom. The van der Waals surface area contributed by atoms with Crippen LogP contribution in [0, 0.1) is 6.92 Å². The summed E-state index contributed by atoms with van der Waals surface area (Å²) < 4.78 is 4.98. The molecule has 0 unspecified atom stereocenters. The number of carbonyl (C=O) groups is 2. The molecule has 0 radical (unpaired) electrons. The van der Waals surface area contributed by atoms with Gasteiger partial charge in [0, 0.05) is 5.69 Å². The summed E-state index contributed by atoms with van der Waals surface area (Å²) in [6, 6.07) is 13.2. The standard InChI is InChI=1S/C20H23NO3/c1-4-15-6-8-16(9-7-15)13-19(22)21-18-11-10-17(12-14(18)3)20(23)24-5-2/h6-12H,4-5,13H2,1-3H3,(H,21,22). The van der Waals surface area contributed by atoms with E-state index in [2.05, 4.69) is 12.2 Å². The second-order valence-corrected chi connectivity index (χ2v) is 5.65. The number of hydrogen-bond donors (Lipinski definition) is 1. The lowest BCUT2D eigenvalue weighted by Crippen LogP contribution is -2.15. The number of benzene rings is 2. The predicted molar refractivity (Wildman–Crippen MR) is 95.3 cm³/mol. The lowest BCUT2D eigenvalue weighted by Gasteiger charge is -2.10. The van der Waals surface area contributed by atoms with Crippen LogP contribution in [-0.4, -0.2) is 18.5 Å². The lowest BCUT2D eigenvalue weighted by atomic mass is 10.1. The molecule has 0 spiro atoms. The Hall–Kier alpha value is -2.62. The van der Waals surface area contributed by atoms with Crippen molar-refractivity contribution >= 4 is 17.6 Å². The minimum Gasteiger partial charge on any atom is -0.462 e. The largest absolute Gasteiger partial charge is 0.462 e. The molecule has 0 saturated carbocycles. The molecule has 2 aromatic carbocycles. The van der Waals surface area contributed by atoms with E-state index in [1.54, 1.807) is 25.1 Å². The molecule has 1 amide bonds. The number of amides is 1. The van der Waals surface area contributed by atoms with Gasteiger partial charge in [-0.15, -0.1) is 0 Å². The highest BCUT2D eigenvalue weighted by Crippen LogP contribution is 2.18. The highest BCUT2D eigenvalue weighted by Gasteiger charge is 2.10. The van der Waals surface area contributed by atoms with E-state index in [0.29, 0.717) is 24.3 Å². The number of aryl methyl sites for hydroxylation is 2. The van der Waals surface area contributed by atoms with Crippen molar-refractivity contribution in [1.82, 2.24) is 0 Å². The second-order valence-electron chi connectivity index (χ2n) is 5.65. The highest BCUT2D eigenvalue weighted by atomic mass is 16.5. The van der Waals surface area contributed by atoms with Gasteiger partial charge < -0.3 is 10.1 Å². The Bertz CT molecular complexity index is 720. The molecular formula is C20H23NO3. The Morgan fingerprint density at radius 3 is 2.25 bits per heavy atom. The second kappa shape index (κ2) is 8.29. The molecular weight excluding hydrogens is 302 g/mol. The van der Waals surface area contributed by atoms with Gasteiger partial charge in [-0.3, -0.25) is 4.79 Å². The van der Waals surface area contributed by atoms with Crippen molar-refractivity contribution in [3.05, 3.63) is 64.7 Å². The molecule has 4 heteroatoms. The maximum Gasteiger partial charge on any atom is 0.338 e. The number of carbonyl (C=O) groups excluding carboxylic acids is 2. The van der Waals surface area contributed by atoms with Crippen molar-refractivity contribution in [3.8, 4) is 0 Å². The molecule has 0 aliphatic rings. The van der Waals surface area contributed by atoms with Crippen LogP contribution in [0.1, 0.15) is 40.9 Å². The van der Waals surface area contributed by atoms with Gasteiger partial charge in [0.2, 0.25) is 5.91 Å². The summed E-state index contributed by atoms with van der Waals surface area (Å²) in [5.41, 5.74) is 4.26. The van der Waals surface area contributed by atoms with E-state index in [4.69, 9.17) is 4.74 Å². The average Bonchev–Trinajstić information content (AvgIpc) is 2.57. The molecule has 0 aliphatic heterocycles. The van der Waals surface area contributed by atoms with Crippen molar-refractivity contribution < 1.29 is 14.3 Å². The maximum atomic E-state index is 12.2. The van der Waals surface area contributed by atoms with E-state index in [1.807, 2.05) is 31.2 Å². The van der Waals surface area contributed by atoms with E-state index in [9.17, 15) is 9.59 Å². The molecule has 0 atom stereocenters. The van der Waals surface area contributed by atoms with Crippen LogP contribution in [0.15, 0.2) is 42.5 Å². The monoisotopic (exact) mass is 325 g/mol. The quantitative estimate of drug-likeness (QED) is 0.819. The minimum absolute atomic E-state index is 0.0776. The Balaban J connectivity index is 2.01. The molecule has 126 valence electrons. The zero-order chi connectivity index (χ0) is 17.5. The molecule has 2 aromatic rings. The molecule has 4 nitrogen and oxygen atoms in total. The molecule has 0 aliphatic carbocycles. The van der Waals surface area contributed by atoms with E-state index < -0.39 is 0 Å². The molecule has 0 saturated heterocycles. The molecule has 1 N–H and O–H groups in total. The third kappa shape index (κ3) is 4.69. The van der Waals surface area contributed by atoms with E-state index in [0.717, 1.165) is 17.5 Å². The van der Waals surface area contributed by atoms with Gasteiger partial charge in [0.15, 0.2) is 0 Å². The number of ether oxygens (including phenoxy) is 1. The molecule has 24 heavy (non-hydrogen) atoms. The van der Waals surface area contributed by atoms with Gasteiger partial charge in [0.1, 0.15) is 0 Å². The highest BCUT2D eigenvalue weighted by molar-refractivity contribution is 5.95. The van der Waals surface area contributed by atoms with Crippen LogP contribution in [0.3, 0.4) is 0 Å². The predicted octanol–water partition coefficient (Wildman–Crippen LogP) is 3.92. The molecule has 2 rings (SSSR count). The topological polar surface area (TPSA) is 55.4 Å². The summed E-state index contributed by atoms with van der Waals surface area (Å²) in [7, 11) is 0. The fraction of sp³-hybridized carbons (Fsp3) is 0.300. The van der Waals surface area contributed by atoms with Gasteiger partial charge >= 0.3 is 5.97 Å². The summed E-state index contributed by atoms with van der Waals surface area (Å²) in [6.07, 6.45) is 1.31. The summed E-state index contributed by atoms with van der Waals surface area (Å²) in [6.45, 7) is 6.07. The van der Waals surface area contributed by atoms with Crippen LogP contribution in [0.5, 0.6) is 0 Å². The maximum absolute atomic E-state index is 12.2. The summed E-state index contributed by atoms with van der Waals surface area (Å²) in [5, 5.41) is 2.89. The van der Waals surface area contributed by atoms with Gasteiger partial charge in [-0.1, -0.05) is 31.2 Å². The zero-order valence-corrected chi connectivity index (χ0v) is 14.4. The van der Waals surface area contributed by atoms with Crippen LogP contribution < -0.4 is 5.32 Å². The van der Waals surface area contributed by atoms with E-state index in [1.165, 1.54) is 5.56 Å². The first-order valence-electron chi connectivity index (χ1n) is 8.19. The van der Waals surface area contributed by atoms with E-state index in [-0.39, 0.29) is 11.9 Å². The van der Waals surface area contributed by atoms with Crippen molar-refractivity contribution in [3.63, 3.8) is 0 Å². The van der Waals surface area contributed by atoms with Gasteiger partial charge in [-0.25, -0.2) is 4.79 Å². The van der Waals surface area contributed by atoms with Gasteiger partial charge in [0.25, 0.3) is 0 Å². The average molecular weight is 325 g/mol. The minimum atomic E-state index is -0.352. The number of anilines is 1. The van der Waals surface area contributed by atoms with Crippen LogP contribution in [0.25, 0.3) is 0 Å². The Labute approximate surface area is 142 Å². The molecule has 0 bridgehead atoms. The third-order valence-electron chi connectivity index (χ3n) is 3.81. The molecule has 0 aromatic heterocycles. The Kier molecular flexibility index (Phi) is 6.13. The fourth-order valence-corrected chi connectivity index (χ4v) is 2.42. The smallest absolute Gasteiger partial charge is 0.338 e. The normalized spacial score (nSPS) is 10.3. The van der Waals surface area contributed by atoms with E-state index >= 15 is 0 Å². The molecule has 0 fully saturated rings. The van der Waals surface area contributed by atoms with Gasteiger partial charge in [-0.2, -0.15) is 0 Å². The van der Waals surface area contributed by atoms with Crippen molar-refractivity contribution in [2.75, 3.05) is 11.9 Å². The first kappa shape index (κ1) is 17.7. The van der Waals surface area contributed by atoms with Crippen LogP contribution in [-0.2, 0) is 22.4 Å². The van der Waals surface area contributed by atoms with Crippen molar-refractivity contribution in [2.45, 2.75) is 33.6 Å². The third-order valence-corrected chi connectivity index (χ3v) is 3.81. The first-order valence-corrected chi connectivity index (χ1v) is 8.19. The van der Waals surface area contributed by atoms with Crippen LogP contribution in [0.4, 0.5) is 5.69 Å². The fourth-order valence-electron chi connectivity index (χ4n) is 2.42. The van der Waals surface area contributed by atoms with Crippen LogP contribution in [0.2, 0.25) is 0 Å². The SMILES string of the molecule is CCOC(=O)c1ccc(NC(=O)Cc2ccc(CC)cc2)c(C)c1. The van der Waals surface area contributed by atoms with Gasteiger partial charge in [0.05, 0.1) is 18.6 Å². The number of esters is 1.